The van der Waals surface area contributed by atoms with Gasteiger partial charge in [-0.05, 0) is 116 Å². The van der Waals surface area contributed by atoms with Gasteiger partial charge in [0, 0.05) is 19.3 Å². The number of allylic oxidation sites excluding steroid dienone is 16. The van der Waals surface area contributed by atoms with E-state index < -0.39 is 6.10 Å². The molecule has 0 saturated heterocycles. The molecule has 0 rings (SSSR count). The minimum Gasteiger partial charge on any atom is -0.462 e. The fourth-order valence-corrected chi connectivity index (χ4v) is 7.56. The van der Waals surface area contributed by atoms with Crippen molar-refractivity contribution in [2.75, 3.05) is 13.2 Å². The Kier molecular flexibility index (Phi) is 52.9. The average Bonchev–Trinajstić information content (AvgIpc) is 3.34. The van der Waals surface area contributed by atoms with Crippen LogP contribution in [0.3, 0.4) is 0 Å². The van der Waals surface area contributed by atoms with E-state index >= 15 is 0 Å². The normalized spacial score (nSPS) is 12.8. The van der Waals surface area contributed by atoms with E-state index in [1.165, 1.54) is 83.5 Å². The van der Waals surface area contributed by atoms with Crippen LogP contribution in [0.5, 0.6) is 0 Å². The highest BCUT2D eigenvalue weighted by Crippen LogP contribution is 2.14. The second kappa shape index (κ2) is 55.9. The van der Waals surface area contributed by atoms with Crippen LogP contribution in [0.1, 0.15) is 258 Å². The van der Waals surface area contributed by atoms with Gasteiger partial charge in [-0.1, -0.05) is 221 Å². The number of carbonyl (C=O) groups is 3. The molecule has 6 heteroatoms. The highest BCUT2D eigenvalue weighted by molar-refractivity contribution is 5.71. The Balaban J connectivity index is 4.38. The van der Waals surface area contributed by atoms with Crippen molar-refractivity contribution in [2.45, 2.75) is 264 Å². The molecule has 0 fully saturated rings. The molecule has 0 spiro atoms. The molecule has 0 aromatic heterocycles. The van der Waals surface area contributed by atoms with E-state index in [4.69, 9.17) is 14.2 Å². The summed E-state index contributed by atoms with van der Waals surface area (Å²) in [5, 5.41) is 0. The van der Waals surface area contributed by atoms with Crippen LogP contribution in [-0.4, -0.2) is 37.2 Å². The maximum Gasteiger partial charge on any atom is 0.306 e. The zero-order chi connectivity index (χ0) is 49.3. The van der Waals surface area contributed by atoms with Crippen molar-refractivity contribution in [2.24, 2.45) is 0 Å². The number of esters is 3. The van der Waals surface area contributed by atoms with E-state index in [2.05, 4.69) is 118 Å². The topological polar surface area (TPSA) is 78.9 Å². The zero-order valence-electron chi connectivity index (χ0n) is 44.3. The third-order valence-electron chi connectivity index (χ3n) is 11.8. The van der Waals surface area contributed by atoms with E-state index in [0.29, 0.717) is 19.3 Å². The van der Waals surface area contributed by atoms with Crippen molar-refractivity contribution >= 4 is 17.9 Å². The smallest absolute Gasteiger partial charge is 0.306 e. The number of ether oxygens (including phenoxy) is 3. The lowest BCUT2D eigenvalue weighted by Crippen LogP contribution is -2.30. The molecule has 0 aromatic carbocycles. The van der Waals surface area contributed by atoms with Gasteiger partial charge in [0.05, 0.1) is 0 Å². The van der Waals surface area contributed by atoms with Gasteiger partial charge in [0.25, 0.3) is 0 Å². The summed E-state index contributed by atoms with van der Waals surface area (Å²) in [4.78, 5) is 38.1. The number of rotatable bonds is 50. The molecule has 0 aliphatic carbocycles. The quantitative estimate of drug-likeness (QED) is 0.0262. The minimum atomic E-state index is -0.795. The monoisotopic (exact) mass is 945 g/mol. The molecular formula is C62H104O6. The summed E-state index contributed by atoms with van der Waals surface area (Å²) >= 11 is 0. The second-order valence-electron chi connectivity index (χ2n) is 18.5. The molecule has 0 N–H and O–H groups in total. The van der Waals surface area contributed by atoms with Crippen LogP contribution in [0.15, 0.2) is 97.2 Å². The van der Waals surface area contributed by atoms with Crippen molar-refractivity contribution in [3.63, 3.8) is 0 Å². The van der Waals surface area contributed by atoms with Crippen LogP contribution in [0.25, 0.3) is 0 Å². The molecule has 388 valence electrons. The van der Waals surface area contributed by atoms with E-state index in [1.54, 1.807) is 0 Å². The Hall–Kier alpha value is -3.67. The van der Waals surface area contributed by atoms with E-state index in [9.17, 15) is 14.4 Å². The summed E-state index contributed by atoms with van der Waals surface area (Å²) in [5.41, 5.74) is 0. The van der Waals surface area contributed by atoms with Crippen LogP contribution in [0.2, 0.25) is 0 Å². The van der Waals surface area contributed by atoms with Gasteiger partial charge in [-0.3, -0.25) is 14.4 Å². The van der Waals surface area contributed by atoms with Crippen LogP contribution in [0, 0.1) is 0 Å². The molecule has 0 radical (unpaired) electrons. The maximum absolute atomic E-state index is 12.8. The van der Waals surface area contributed by atoms with Gasteiger partial charge in [-0.2, -0.15) is 0 Å². The first-order valence-corrected chi connectivity index (χ1v) is 28.2. The van der Waals surface area contributed by atoms with Gasteiger partial charge in [-0.25, -0.2) is 0 Å². The first-order valence-electron chi connectivity index (χ1n) is 28.2. The first-order chi connectivity index (χ1) is 33.5. The highest BCUT2D eigenvalue weighted by atomic mass is 16.6. The standard InChI is InChI=1S/C62H104O6/c1-4-7-10-13-16-19-22-24-26-28-30-31-33-34-36-38-40-43-46-49-52-55-61(64)67-58-59(57-66-60(63)54-51-48-45-42-21-18-15-12-9-6-3)68-62(65)56-53-50-47-44-41-39-37-35-32-29-27-25-23-20-17-14-11-8-5-2/h8,11-12,15,17,20,22,24-25,27-28,30,32-35,59H,4-7,9-10,13-14,16,18-19,21,23,26,29,31,36-58H2,1-3H3/b11-8-,15-12-,20-17-,24-22-,27-25-,30-28-,34-33-,35-32-. The van der Waals surface area contributed by atoms with Crippen molar-refractivity contribution < 1.29 is 28.6 Å². The molecule has 0 heterocycles. The average molecular weight is 946 g/mol. The molecule has 0 saturated carbocycles. The van der Waals surface area contributed by atoms with Gasteiger partial charge in [0.15, 0.2) is 6.10 Å². The maximum atomic E-state index is 12.8. The Morgan fingerprint density at radius 1 is 0.309 bits per heavy atom. The van der Waals surface area contributed by atoms with Crippen molar-refractivity contribution in [3.05, 3.63) is 97.2 Å². The van der Waals surface area contributed by atoms with Crippen LogP contribution in [0.4, 0.5) is 0 Å². The van der Waals surface area contributed by atoms with Gasteiger partial charge < -0.3 is 14.2 Å². The van der Waals surface area contributed by atoms with Crippen LogP contribution in [-0.2, 0) is 28.6 Å². The molecule has 68 heavy (non-hydrogen) atoms. The second-order valence-corrected chi connectivity index (χ2v) is 18.5. The van der Waals surface area contributed by atoms with E-state index in [-0.39, 0.29) is 31.1 Å². The third-order valence-corrected chi connectivity index (χ3v) is 11.8. The molecule has 1 unspecified atom stereocenters. The van der Waals surface area contributed by atoms with Crippen molar-refractivity contribution in [3.8, 4) is 0 Å². The third kappa shape index (κ3) is 53.3. The Morgan fingerprint density at radius 3 is 0.971 bits per heavy atom. The molecule has 6 nitrogen and oxygen atoms in total. The fourth-order valence-electron chi connectivity index (χ4n) is 7.56. The van der Waals surface area contributed by atoms with Gasteiger partial charge >= 0.3 is 17.9 Å². The Labute approximate surface area is 419 Å². The molecular weight excluding hydrogens is 841 g/mol. The summed E-state index contributed by atoms with van der Waals surface area (Å²) < 4.78 is 16.8. The first kappa shape index (κ1) is 64.3. The van der Waals surface area contributed by atoms with Crippen molar-refractivity contribution in [1.29, 1.82) is 0 Å². The number of unbranched alkanes of at least 4 members (excludes halogenated alkanes) is 23. The Bertz CT molecular complexity index is 1360. The molecule has 0 aliphatic heterocycles. The predicted octanol–water partition coefficient (Wildman–Crippen LogP) is 18.9. The van der Waals surface area contributed by atoms with Crippen LogP contribution >= 0.6 is 0 Å². The van der Waals surface area contributed by atoms with E-state index in [1.807, 2.05) is 0 Å². The number of hydrogen-bond donors (Lipinski definition) is 0. The molecule has 0 bridgehead atoms. The van der Waals surface area contributed by atoms with Crippen molar-refractivity contribution in [1.82, 2.24) is 0 Å². The lowest BCUT2D eigenvalue weighted by atomic mass is 10.1. The SMILES string of the molecule is CC/C=C\C/C=C\C/C=C\C/C=C\CCCCCCCCC(=O)OC(COC(=O)CCCCCCC/C=C\CCC)COC(=O)CCCCCCCC/C=C\C/C=C\C/C=C\CCCCCCC. The summed E-state index contributed by atoms with van der Waals surface area (Å²) in [7, 11) is 0. The predicted molar refractivity (Wildman–Crippen MR) is 293 cm³/mol. The lowest BCUT2D eigenvalue weighted by Gasteiger charge is -2.18. The number of carbonyl (C=O) groups excluding carboxylic acids is 3. The summed E-state index contributed by atoms with van der Waals surface area (Å²) in [5.74, 6) is -0.930. The van der Waals surface area contributed by atoms with E-state index in [0.717, 1.165) is 135 Å². The highest BCUT2D eigenvalue weighted by Gasteiger charge is 2.19. The lowest BCUT2D eigenvalue weighted by molar-refractivity contribution is -0.167. The number of hydrogen-bond acceptors (Lipinski definition) is 6. The molecule has 0 aliphatic rings. The van der Waals surface area contributed by atoms with Gasteiger partial charge in [-0.15, -0.1) is 0 Å². The molecule has 1 atom stereocenters. The van der Waals surface area contributed by atoms with Crippen LogP contribution < -0.4 is 0 Å². The zero-order valence-corrected chi connectivity index (χ0v) is 44.3. The van der Waals surface area contributed by atoms with Gasteiger partial charge in [0.2, 0.25) is 0 Å². The minimum absolute atomic E-state index is 0.0932. The summed E-state index contributed by atoms with van der Waals surface area (Å²) in [6.07, 6.45) is 74.0. The summed E-state index contributed by atoms with van der Waals surface area (Å²) in [6, 6.07) is 0. The molecule has 0 amide bonds. The molecule has 0 aromatic rings. The largest absolute Gasteiger partial charge is 0.462 e. The Morgan fingerprint density at radius 2 is 0.603 bits per heavy atom. The fraction of sp³-hybridized carbons (Fsp3) is 0.694. The van der Waals surface area contributed by atoms with Gasteiger partial charge in [0.1, 0.15) is 13.2 Å². The summed E-state index contributed by atoms with van der Waals surface area (Å²) in [6.45, 7) is 6.42.